The summed E-state index contributed by atoms with van der Waals surface area (Å²) in [6.45, 7) is 2.73. The fourth-order valence-electron chi connectivity index (χ4n) is 5.27. The van der Waals surface area contributed by atoms with Gasteiger partial charge in [0.05, 0.1) is 38.1 Å². The summed E-state index contributed by atoms with van der Waals surface area (Å²) in [7, 11) is 0. The van der Waals surface area contributed by atoms with Crippen molar-refractivity contribution in [2.75, 3.05) is 0 Å². The molecule has 0 bridgehead atoms. The molecule has 11 heteroatoms. The highest BCUT2D eigenvalue weighted by Crippen LogP contribution is 2.42. The number of carboxylic acids is 1. The molecule has 3 N–H and O–H groups in total. The fraction of sp³-hybridized carbons (Fsp3) is 0.303. The van der Waals surface area contributed by atoms with Crippen molar-refractivity contribution in [2.45, 2.75) is 58.0 Å². The molecule has 0 radical (unpaired) electrons. The molecular weight excluding hydrogens is 605 g/mol. The number of imidazole rings is 1. The predicted octanol–water partition coefficient (Wildman–Crippen LogP) is 6.32. The summed E-state index contributed by atoms with van der Waals surface area (Å²) in [5.41, 5.74) is 5.42. The molecule has 44 heavy (non-hydrogen) atoms. The molecule has 4 atom stereocenters. The van der Waals surface area contributed by atoms with Crippen LogP contribution < -0.4 is 5.32 Å². The van der Waals surface area contributed by atoms with Crippen LogP contribution in [0.1, 0.15) is 54.4 Å². The van der Waals surface area contributed by atoms with Gasteiger partial charge < -0.3 is 29.6 Å². The average molecular weight is 639 g/mol. The zero-order chi connectivity index (χ0) is 31.2. The van der Waals surface area contributed by atoms with E-state index in [1.54, 1.807) is 10.9 Å². The van der Waals surface area contributed by atoms with E-state index in [4.69, 9.17) is 37.8 Å². The molecule has 1 fully saturated rings. The standard InChI is InChI=1S/C33H33Cl2N3O6/c1-20-27(17-38-19-37-31(34)32(38)35)43-33(44-30(20)23-8-6-21(18-39)7-9-23)24-12-10-22(11-13-24)26-5-3-2-4-25(26)16-36-28(40)14-15-29(41)42/h2-13,19-20,27,30,33,39H,14-18H2,1H3,(H,36,40)(H,41,42)/t20-,27+,30+,33+/m1/s1. The highest BCUT2D eigenvalue weighted by Gasteiger charge is 2.39. The van der Waals surface area contributed by atoms with E-state index in [2.05, 4.69) is 17.2 Å². The van der Waals surface area contributed by atoms with E-state index in [0.29, 0.717) is 11.7 Å². The van der Waals surface area contributed by atoms with Crippen molar-refractivity contribution in [1.82, 2.24) is 14.9 Å². The Morgan fingerprint density at radius 2 is 1.66 bits per heavy atom. The molecule has 0 spiro atoms. The second kappa shape index (κ2) is 14.4. The molecule has 3 aromatic carbocycles. The number of ether oxygens (including phenoxy) is 2. The topological polar surface area (TPSA) is 123 Å². The maximum absolute atomic E-state index is 12.1. The number of aliphatic hydroxyl groups is 1. The Kier molecular flexibility index (Phi) is 10.3. The van der Waals surface area contributed by atoms with E-state index in [1.807, 2.05) is 72.8 Å². The Bertz CT molecular complexity index is 1590. The van der Waals surface area contributed by atoms with Crippen molar-refractivity contribution in [3.63, 3.8) is 0 Å². The second-order valence-corrected chi connectivity index (χ2v) is 11.5. The number of hydrogen-bond acceptors (Lipinski definition) is 6. The van der Waals surface area contributed by atoms with Gasteiger partial charge in [0, 0.05) is 24.4 Å². The van der Waals surface area contributed by atoms with Gasteiger partial charge in [-0.3, -0.25) is 9.59 Å². The number of nitrogens with zero attached hydrogens (tertiary/aromatic N) is 2. The van der Waals surface area contributed by atoms with Crippen molar-refractivity contribution >= 4 is 35.1 Å². The summed E-state index contributed by atoms with van der Waals surface area (Å²) in [5, 5.41) is 21.7. The van der Waals surface area contributed by atoms with Crippen molar-refractivity contribution < 1.29 is 29.3 Å². The van der Waals surface area contributed by atoms with Crippen LogP contribution in [-0.2, 0) is 38.8 Å². The number of hydrogen-bond donors (Lipinski definition) is 3. The smallest absolute Gasteiger partial charge is 0.303 e. The van der Waals surface area contributed by atoms with E-state index < -0.39 is 12.3 Å². The minimum atomic E-state index is -1.01. The number of carboxylic acid groups (broad SMARTS) is 1. The zero-order valence-electron chi connectivity index (χ0n) is 24.0. The van der Waals surface area contributed by atoms with Crippen molar-refractivity contribution in [3.8, 4) is 11.1 Å². The van der Waals surface area contributed by atoms with Gasteiger partial charge in [0.2, 0.25) is 5.91 Å². The maximum Gasteiger partial charge on any atom is 0.303 e. The van der Waals surface area contributed by atoms with Gasteiger partial charge in [-0.25, -0.2) is 4.98 Å². The molecule has 1 aromatic heterocycles. The largest absolute Gasteiger partial charge is 0.481 e. The zero-order valence-corrected chi connectivity index (χ0v) is 25.5. The Morgan fingerprint density at radius 3 is 2.32 bits per heavy atom. The normalized spacial score (nSPS) is 19.9. The number of carbonyl (C=O) groups is 2. The average Bonchev–Trinajstić information content (AvgIpc) is 3.36. The molecule has 0 unspecified atom stereocenters. The lowest BCUT2D eigenvalue weighted by molar-refractivity contribution is -0.276. The Morgan fingerprint density at radius 1 is 0.955 bits per heavy atom. The summed E-state index contributed by atoms with van der Waals surface area (Å²) in [6, 6.07) is 23.3. The molecule has 1 saturated heterocycles. The van der Waals surface area contributed by atoms with Gasteiger partial charge in [0.1, 0.15) is 5.15 Å². The third-order valence-corrected chi connectivity index (χ3v) is 8.56. The van der Waals surface area contributed by atoms with Crippen LogP contribution in [0.4, 0.5) is 0 Å². The van der Waals surface area contributed by atoms with Crippen LogP contribution >= 0.6 is 23.2 Å². The van der Waals surface area contributed by atoms with Crippen LogP contribution in [0.5, 0.6) is 0 Å². The molecule has 0 aliphatic carbocycles. The van der Waals surface area contributed by atoms with Crippen LogP contribution in [0.25, 0.3) is 11.1 Å². The number of aliphatic hydroxyl groups excluding tert-OH is 1. The van der Waals surface area contributed by atoms with Crippen molar-refractivity contribution in [3.05, 3.63) is 112 Å². The molecule has 9 nitrogen and oxygen atoms in total. The first-order chi connectivity index (χ1) is 21.2. The lowest BCUT2D eigenvalue weighted by Gasteiger charge is -2.41. The number of benzene rings is 3. The van der Waals surface area contributed by atoms with Crippen LogP contribution in [0.2, 0.25) is 10.3 Å². The highest BCUT2D eigenvalue weighted by molar-refractivity contribution is 6.40. The Balaban J connectivity index is 1.37. The van der Waals surface area contributed by atoms with E-state index in [1.165, 1.54) is 0 Å². The number of rotatable bonds is 11. The molecule has 4 aromatic rings. The molecule has 5 rings (SSSR count). The first-order valence-electron chi connectivity index (χ1n) is 14.3. The third-order valence-electron chi connectivity index (χ3n) is 7.79. The number of aliphatic carboxylic acids is 1. The van der Waals surface area contributed by atoms with Crippen molar-refractivity contribution in [1.29, 1.82) is 0 Å². The van der Waals surface area contributed by atoms with Gasteiger partial charge in [-0.05, 0) is 27.8 Å². The first-order valence-corrected chi connectivity index (χ1v) is 15.0. The molecule has 1 aliphatic heterocycles. The van der Waals surface area contributed by atoms with Gasteiger partial charge in [-0.1, -0.05) is 103 Å². The summed E-state index contributed by atoms with van der Waals surface area (Å²) >= 11 is 12.5. The van der Waals surface area contributed by atoms with Crippen LogP contribution in [0.3, 0.4) is 0 Å². The Hall–Kier alpha value is -3.73. The summed E-state index contributed by atoms with van der Waals surface area (Å²) in [5.74, 6) is -1.37. The number of nitrogens with one attached hydrogen (secondary N) is 1. The number of halogens is 2. The minimum Gasteiger partial charge on any atom is -0.481 e. The van der Waals surface area contributed by atoms with Gasteiger partial charge in [-0.2, -0.15) is 0 Å². The lowest BCUT2D eigenvalue weighted by atomic mass is 9.90. The van der Waals surface area contributed by atoms with Crippen molar-refractivity contribution in [2.24, 2.45) is 5.92 Å². The highest BCUT2D eigenvalue weighted by atomic mass is 35.5. The lowest BCUT2D eigenvalue weighted by Crippen LogP contribution is -2.39. The van der Waals surface area contributed by atoms with E-state index in [9.17, 15) is 14.7 Å². The molecule has 1 aliphatic rings. The quantitative estimate of drug-likeness (QED) is 0.176. The SMILES string of the molecule is C[C@@H]1[C@H](Cn2cnc(Cl)c2Cl)O[C@H](c2ccc(-c3ccccc3CNC(=O)CCC(=O)O)cc2)O[C@@H]1c1ccc(CO)cc1. The summed E-state index contributed by atoms with van der Waals surface area (Å²) in [4.78, 5) is 27.0. The third kappa shape index (κ3) is 7.49. The van der Waals surface area contributed by atoms with Crippen LogP contribution in [-0.4, -0.2) is 37.7 Å². The Labute approximate surface area is 265 Å². The van der Waals surface area contributed by atoms with Gasteiger partial charge in [-0.15, -0.1) is 0 Å². The first kappa shape index (κ1) is 31.7. The molecule has 0 saturated carbocycles. The van der Waals surface area contributed by atoms with E-state index in [0.717, 1.165) is 33.4 Å². The van der Waals surface area contributed by atoms with E-state index in [-0.39, 0.29) is 55.2 Å². The van der Waals surface area contributed by atoms with Gasteiger partial charge >= 0.3 is 5.97 Å². The van der Waals surface area contributed by atoms with Gasteiger partial charge in [0.25, 0.3) is 0 Å². The second-order valence-electron chi connectivity index (χ2n) is 10.8. The number of aromatic nitrogens is 2. The minimum absolute atomic E-state index is 0.0395. The fourth-order valence-corrected chi connectivity index (χ4v) is 5.58. The molecule has 1 amide bonds. The maximum atomic E-state index is 12.1. The van der Waals surface area contributed by atoms with Crippen LogP contribution in [0, 0.1) is 5.92 Å². The predicted molar refractivity (Wildman–Crippen MR) is 166 cm³/mol. The number of carbonyl (C=O) groups excluding carboxylic acids is 1. The van der Waals surface area contributed by atoms with E-state index >= 15 is 0 Å². The van der Waals surface area contributed by atoms with Crippen LogP contribution in [0.15, 0.2) is 79.1 Å². The van der Waals surface area contributed by atoms with Gasteiger partial charge in [0.15, 0.2) is 11.4 Å². The number of amides is 1. The summed E-state index contributed by atoms with van der Waals surface area (Å²) in [6.07, 6.45) is 0.0577. The molecule has 2 heterocycles. The monoisotopic (exact) mass is 637 g/mol. The molecule has 230 valence electrons. The molecular formula is C33H33Cl2N3O6. The summed E-state index contributed by atoms with van der Waals surface area (Å²) < 4.78 is 14.8.